The maximum absolute atomic E-state index is 13.9. The number of aliphatic imine (C=N–C) groups is 1. The van der Waals surface area contributed by atoms with Crippen molar-refractivity contribution in [2.24, 2.45) is 22.2 Å². The van der Waals surface area contributed by atoms with E-state index in [-0.39, 0.29) is 42.5 Å². The smallest absolute Gasteiger partial charge is 0.312 e. The van der Waals surface area contributed by atoms with Crippen LogP contribution >= 0.6 is 0 Å². The van der Waals surface area contributed by atoms with Crippen LogP contribution in [0.25, 0.3) is 0 Å². The number of nitrogens with zero attached hydrogens (tertiary/aromatic N) is 1. The number of fused-ring (bicyclic) bond motifs is 1. The van der Waals surface area contributed by atoms with E-state index in [2.05, 4.69) is 20.3 Å². The van der Waals surface area contributed by atoms with Crippen LogP contribution in [-0.2, 0) is 34.3 Å². The molecule has 0 saturated heterocycles. The minimum absolute atomic E-state index is 0.0766. The molecular formula is C29H43N7O5S. The van der Waals surface area contributed by atoms with Crippen LogP contribution < -0.4 is 37.3 Å². The van der Waals surface area contributed by atoms with Crippen LogP contribution in [0.4, 0.5) is 4.79 Å². The molecule has 9 N–H and O–H groups in total. The normalized spacial score (nSPS) is 14.7. The predicted molar refractivity (Wildman–Crippen MR) is 162 cm³/mol. The number of sulfonamides is 1. The van der Waals surface area contributed by atoms with Gasteiger partial charge < -0.3 is 32.6 Å². The largest absolute Gasteiger partial charge is 0.487 e. The van der Waals surface area contributed by atoms with Gasteiger partial charge in [0.05, 0.1) is 4.90 Å². The zero-order chi connectivity index (χ0) is 31.2. The van der Waals surface area contributed by atoms with Gasteiger partial charge in [0.1, 0.15) is 17.4 Å². The van der Waals surface area contributed by atoms with Crippen molar-refractivity contribution in [3.05, 3.63) is 57.6 Å². The first-order chi connectivity index (χ1) is 19.6. The summed E-state index contributed by atoms with van der Waals surface area (Å²) in [7, 11) is -4.10. The lowest BCUT2D eigenvalue weighted by atomic mass is 9.88. The van der Waals surface area contributed by atoms with Gasteiger partial charge in [0.2, 0.25) is 15.9 Å². The molecule has 13 heteroatoms. The van der Waals surface area contributed by atoms with Crippen molar-refractivity contribution < 1.29 is 22.7 Å². The summed E-state index contributed by atoms with van der Waals surface area (Å²) in [5.74, 6) is 0.188. The fourth-order valence-electron chi connectivity index (χ4n) is 5.02. The number of amides is 3. The second-order valence-corrected chi connectivity index (χ2v) is 12.9. The van der Waals surface area contributed by atoms with Crippen molar-refractivity contribution in [2.75, 3.05) is 6.54 Å². The van der Waals surface area contributed by atoms with Crippen LogP contribution in [0.1, 0.15) is 66.5 Å². The van der Waals surface area contributed by atoms with E-state index in [4.69, 9.17) is 21.9 Å². The van der Waals surface area contributed by atoms with Crippen LogP contribution in [0.5, 0.6) is 5.75 Å². The third-order valence-electron chi connectivity index (χ3n) is 7.45. The highest BCUT2D eigenvalue weighted by atomic mass is 32.2. The van der Waals surface area contributed by atoms with Crippen LogP contribution in [0.15, 0.2) is 34.2 Å². The Morgan fingerprint density at radius 3 is 2.14 bits per heavy atom. The van der Waals surface area contributed by atoms with Gasteiger partial charge in [-0.2, -0.15) is 4.72 Å². The molecule has 0 aromatic heterocycles. The third kappa shape index (κ3) is 8.35. The molecular weight excluding hydrogens is 558 g/mol. The maximum Gasteiger partial charge on any atom is 0.312 e. The number of ether oxygens (including phenoxy) is 1. The molecule has 12 nitrogen and oxygen atoms in total. The van der Waals surface area contributed by atoms with Gasteiger partial charge in [-0.15, -0.1) is 0 Å². The van der Waals surface area contributed by atoms with Gasteiger partial charge in [0, 0.05) is 19.6 Å². The Morgan fingerprint density at radius 1 is 0.976 bits per heavy atom. The molecule has 0 fully saturated rings. The van der Waals surface area contributed by atoms with E-state index in [0.29, 0.717) is 24.0 Å². The summed E-state index contributed by atoms with van der Waals surface area (Å²) < 4.78 is 36.7. The first-order valence-corrected chi connectivity index (χ1v) is 15.4. The van der Waals surface area contributed by atoms with Gasteiger partial charge in [0.25, 0.3) is 0 Å². The molecule has 0 unspecified atom stereocenters. The molecule has 0 radical (unpaired) electrons. The Bertz CT molecular complexity index is 1450. The number of hydrogen-bond donors (Lipinski definition) is 6. The Balaban J connectivity index is 1.82. The van der Waals surface area contributed by atoms with Crippen molar-refractivity contribution >= 4 is 27.9 Å². The summed E-state index contributed by atoms with van der Waals surface area (Å²) in [6.45, 7) is 10.2. The summed E-state index contributed by atoms with van der Waals surface area (Å²) in [6.07, 6.45) is 2.01. The highest BCUT2D eigenvalue weighted by molar-refractivity contribution is 7.89. The maximum atomic E-state index is 13.9. The molecule has 1 aliphatic rings. The summed E-state index contributed by atoms with van der Waals surface area (Å²) in [4.78, 5) is 28.4. The Kier molecular flexibility index (Phi) is 10.4. The summed E-state index contributed by atoms with van der Waals surface area (Å²) in [5.41, 5.74) is 20.1. The molecule has 3 rings (SSSR count). The predicted octanol–water partition coefficient (Wildman–Crippen LogP) is 1.90. The average molecular weight is 602 g/mol. The van der Waals surface area contributed by atoms with Crippen LogP contribution in [0, 0.1) is 20.8 Å². The van der Waals surface area contributed by atoms with Gasteiger partial charge in [0.15, 0.2) is 5.96 Å². The van der Waals surface area contributed by atoms with Gasteiger partial charge in [-0.3, -0.25) is 9.79 Å². The van der Waals surface area contributed by atoms with Gasteiger partial charge in [-0.05, 0) is 93.7 Å². The minimum Gasteiger partial charge on any atom is -0.487 e. The first-order valence-electron chi connectivity index (χ1n) is 13.9. The van der Waals surface area contributed by atoms with E-state index in [1.807, 2.05) is 45.0 Å². The number of urea groups is 1. The fourth-order valence-corrected chi connectivity index (χ4v) is 6.82. The quantitative estimate of drug-likeness (QED) is 0.121. The number of hydrogen-bond acceptors (Lipinski definition) is 6. The zero-order valence-corrected chi connectivity index (χ0v) is 25.8. The van der Waals surface area contributed by atoms with Crippen LogP contribution in [0.2, 0.25) is 0 Å². The molecule has 2 aromatic rings. The SMILES string of the molecule is Cc1c(C)c(S(=O)(=O)N[C@H](CCCN=C(N)N)C(=O)NCc2ccc(CNC(N)=O)cc2)c(C)c2c1OC(C)(C)CC2. The number of carbonyl (C=O) groups is 2. The minimum atomic E-state index is -4.10. The lowest BCUT2D eigenvalue weighted by Gasteiger charge is -2.35. The molecule has 0 spiro atoms. The molecule has 1 aliphatic heterocycles. The summed E-state index contributed by atoms with van der Waals surface area (Å²) in [5, 5.41) is 5.35. The molecule has 1 atom stereocenters. The van der Waals surface area contributed by atoms with E-state index in [1.54, 1.807) is 13.8 Å². The molecule has 0 aliphatic carbocycles. The molecule has 0 bridgehead atoms. The molecule has 1 heterocycles. The number of benzene rings is 2. The van der Waals surface area contributed by atoms with Gasteiger partial charge in [-0.1, -0.05) is 24.3 Å². The van der Waals surface area contributed by atoms with Crippen molar-refractivity contribution in [2.45, 2.75) is 89.9 Å². The molecule has 2 aromatic carbocycles. The second-order valence-electron chi connectivity index (χ2n) is 11.2. The number of nitrogens with two attached hydrogens (primary N) is 3. The Hall–Kier alpha value is -3.84. The topological polar surface area (TPSA) is 204 Å². The lowest BCUT2D eigenvalue weighted by molar-refractivity contribution is -0.123. The van der Waals surface area contributed by atoms with Gasteiger partial charge in [-0.25, -0.2) is 13.2 Å². The van der Waals surface area contributed by atoms with Crippen molar-refractivity contribution in [3.63, 3.8) is 0 Å². The number of rotatable bonds is 12. The third-order valence-corrected chi connectivity index (χ3v) is 9.20. The monoisotopic (exact) mass is 601 g/mol. The summed E-state index contributed by atoms with van der Waals surface area (Å²) >= 11 is 0. The summed E-state index contributed by atoms with van der Waals surface area (Å²) in [6, 6.07) is 5.55. The molecule has 0 saturated carbocycles. The fraction of sp³-hybridized carbons (Fsp3) is 0.483. The number of nitrogens with one attached hydrogen (secondary N) is 3. The molecule has 42 heavy (non-hydrogen) atoms. The average Bonchev–Trinajstić information content (AvgIpc) is 2.90. The zero-order valence-electron chi connectivity index (χ0n) is 25.0. The van der Waals surface area contributed by atoms with E-state index in [0.717, 1.165) is 34.4 Å². The standard InChI is InChI=1S/C29H43N7O5S/c1-17-18(2)25(19(3)22-12-13-29(4,5)41-24(17)22)42(39,40)36-23(7-6-14-33-27(30)31)26(37)34-15-20-8-10-21(11-9-20)16-35-28(32)38/h8-11,23,36H,6-7,12-16H2,1-5H3,(H,34,37)(H4,30,31,33)(H3,32,35,38)/t23-/m1/s1. The highest BCUT2D eigenvalue weighted by Gasteiger charge is 2.35. The Morgan fingerprint density at radius 2 is 1.57 bits per heavy atom. The van der Waals surface area contributed by atoms with Crippen molar-refractivity contribution in [3.8, 4) is 5.75 Å². The van der Waals surface area contributed by atoms with E-state index < -0.39 is 28.0 Å². The molecule has 230 valence electrons. The highest BCUT2D eigenvalue weighted by Crippen LogP contribution is 2.42. The second kappa shape index (κ2) is 13.4. The van der Waals surface area contributed by atoms with Crippen molar-refractivity contribution in [1.82, 2.24) is 15.4 Å². The van der Waals surface area contributed by atoms with E-state index in [1.165, 1.54) is 0 Å². The number of guanidine groups is 1. The Labute approximate surface area is 247 Å². The number of primary amides is 1. The van der Waals surface area contributed by atoms with Gasteiger partial charge >= 0.3 is 6.03 Å². The lowest BCUT2D eigenvalue weighted by Crippen LogP contribution is -2.47. The van der Waals surface area contributed by atoms with Crippen molar-refractivity contribution in [1.29, 1.82) is 0 Å². The first kappa shape index (κ1) is 32.7. The number of carbonyl (C=O) groups excluding carboxylic acids is 2. The van der Waals surface area contributed by atoms with E-state index in [9.17, 15) is 18.0 Å². The van der Waals surface area contributed by atoms with Crippen LogP contribution in [-0.4, -0.2) is 44.5 Å². The van der Waals surface area contributed by atoms with Crippen LogP contribution in [0.3, 0.4) is 0 Å². The molecule has 3 amide bonds. The van der Waals surface area contributed by atoms with E-state index >= 15 is 0 Å².